The molecule has 1 aromatic carbocycles. The number of likely N-dealkylation sites (tertiary alicyclic amines) is 1. The van der Waals surface area contributed by atoms with Crippen molar-refractivity contribution in [2.45, 2.75) is 18.4 Å². The van der Waals surface area contributed by atoms with Crippen LogP contribution in [-0.2, 0) is 4.79 Å². The van der Waals surface area contributed by atoms with Gasteiger partial charge in [-0.1, -0.05) is 0 Å². The number of pyridine rings is 1. The minimum absolute atomic E-state index is 0.441. The highest BCUT2D eigenvalue weighted by atomic mass is 19.3. The molecule has 0 saturated carbocycles. The summed E-state index contributed by atoms with van der Waals surface area (Å²) in [6.07, 6.45) is 0.811. The van der Waals surface area contributed by atoms with E-state index in [0.717, 1.165) is 4.90 Å². The number of nitrogens with one attached hydrogen (secondary N) is 2. The molecule has 1 aromatic heterocycles. The monoisotopic (exact) mass is 389 g/mol. The van der Waals surface area contributed by atoms with Crippen molar-refractivity contribution in [2.75, 3.05) is 25.5 Å². The van der Waals surface area contributed by atoms with E-state index in [0.29, 0.717) is 22.3 Å². The quantitative estimate of drug-likeness (QED) is 0.833. The van der Waals surface area contributed by atoms with Crippen molar-refractivity contribution < 1.29 is 23.1 Å². The van der Waals surface area contributed by atoms with Crippen molar-refractivity contribution in [3.63, 3.8) is 0 Å². The fourth-order valence-corrected chi connectivity index (χ4v) is 2.98. The molecular formula is C18H17F2N5O3. The molecule has 0 bridgehead atoms. The number of carbonyl (C=O) groups excluding carboxylic acids is 2. The van der Waals surface area contributed by atoms with Crippen molar-refractivity contribution in [1.82, 2.24) is 15.2 Å². The molecule has 3 amide bonds. The highest BCUT2D eigenvalue weighted by molar-refractivity contribution is 6.01. The summed E-state index contributed by atoms with van der Waals surface area (Å²) in [5, 5.41) is 14.5. The zero-order chi connectivity index (χ0) is 20.3. The van der Waals surface area contributed by atoms with E-state index in [2.05, 4.69) is 15.6 Å². The second kappa shape index (κ2) is 7.64. The van der Waals surface area contributed by atoms with Gasteiger partial charge in [0.1, 0.15) is 11.8 Å². The van der Waals surface area contributed by atoms with E-state index in [1.165, 1.54) is 13.3 Å². The van der Waals surface area contributed by atoms with Crippen molar-refractivity contribution in [2.24, 2.45) is 0 Å². The van der Waals surface area contributed by atoms with Gasteiger partial charge in [0.15, 0.2) is 0 Å². The first-order chi connectivity index (χ1) is 13.3. The number of carbonyl (C=O) groups is 2. The summed E-state index contributed by atoms with van der Waals surface area (Å²) in [4.78, 5) is 29.3. The second-order valence-electron chi connectivity index (χ2n) is 6.28. The number of alkyl halides is 2. The number of ether oxygens (including phenoxy) is 1. The standard InChI is InChI=1S/C18H17F2N5O3/c1-28-12-2-3-14-13(6-12)15(4-5-22-14)24-17(27)23-9-16(26)25-10-18(19,20)7-11(25)8-21/h2-6,11H,7,9-10H2,1H3,(H2,22,23,24,27)/t11-/m0/s1. The molecule has 146 valence electrons. The molecule has 1 fully saturated rings. The number of benzene rings is 1. The lowest BCUT2D eigenvalue weighted by molar-refractivity contribution is -0.131. The lowest BCUT2D eigenvalue weighted by atomic mass is 10.2. The molecule has 1 saturated heterocycles. The number of nitriles is 1. The predicted octanol–water partition coefficient (Wildman–Crippen LogP) is 2.12. The Hall–Kier alpha value is -3.48. The van der Waals surface area contributed by atoms with Gasteiger partial charge in [0.2, 0.25) is 5.91 Å². The summed E-state index contributed by atoms with van der Waals surface area (Å²) in [5.74, 6) is -3.27. The normalized spacial score (nSPS) is 17.8. The predicted molar refractivity (Wildman–Crippen MR) is 96.0 cm³/mol. The van der Waals surface area contributed by atoms with Crippen LogP contribution < -0.4 is 15.4 Å². The molecule has 2 heterocycles. The van der Waals surface area contributed by atoms with Crippen molar-refractivity contribution in [3.8, 4) is 11.8 Å². The largest absolute Gasteiger partial charge is 0.497 e. The van der Waals surface area contributed by atoms with Crippen LogP contribution in [0, 0.1) is 11.3 Å². The van der Waals surface area contributed by atoms with Crippen LogP contribution in [0.5, 0.6) is 5.75 Å². The van der Waals surface area contributed by atoms with Gasteiger partial charge >= 0.3 is 6.03 Å². The van der Waals surface area contributed by atoms with Crippen molar-refractivity contribution >= 4 is 28.5 Å². The summed E-state index contributed by atoms with van der Waals surface area (Å²) in [5.41, 5.74) is 1.07. The Kier molecular flexibility index (Phi) is 5.26. The van der Waals surface area contributed by atoms with Crippen molar-refractivity contribution in [3.05, 3.63) is 30.5 Å². The lowest BCUT2D eigenvalue weighted by Gasteiger charge is -2.19. The minimum atomic E-state index is -3.10. The number of rotatable bonds is 4. The molecule has 0 aliphatic carbocycles. The third-order valence-corrected chi connectivity index (χ3v) is 4.34. The summed E-state index contributed by atoms with van der Waals surface area (Å²) in [7, 11) is 1.51. The number of amides is 3. The molecule has 1 aliphatic heterocycles. The number of nitrogens with zero attached hydrogens (tertiary/aromatic N) is 3. The highest BCUT2D eigenvalue weighted by Gasteiger charge is 2.47. The highest BCUT2D eigenvalue weighted by Crippen LogP contribution is 2.31. The SMILES string of the molecule is COc1ccc2nccc(NC(=O)NCC(=O)N3CC(F)(F)C[C@H]3C#N)c2c1. The minimum Gasteiger partial charge on any atom is -0.497 e. The maximum absolute atomic E-state index is 13.4. The van der Waals surface area contributed by atoms with Crippen LogP contribution in [0.2, 0.25) is 0 Å². The fraction of sp³-hybridized carbons (Fsp3) is 0.333. The van der Waals surface area contributed by atoms with E-state index in [4.69, 9.17) is 10.00 Å². The summed E-state index contributed by atoms with van der Waals surface area (Å²) >= 11 is 0. The molecule has 3 rings (SSSR count). The molecule has 2 aromatic rings. The number of anilines is 1. The van der Waals surface area contributed by atoms with Crippen LogP contribution in [-0.4, -0.2) is 54.0 Å². The Labute approximate surface area is 159 Å². The van der Waals surface area contributed by atoms with Crippen LogP contribution in [0.3, 0.4) is 0 Å². The third kappa shape index (κ3) is 4.09. The molecule has 2 N–H and O–H groups in total. The van der Waals surface area contributed by atoms with E-state index < -0.39 is 43.4 Å². The molecule has 10 heteroatoms. The van der Waals surface area contributed by atoms with Gasteiger partial charge < -0.3 is 20.3 Å². The van der Waals surface area contributed by atoms with Crippen LogP contribution in [0.25, 0.3) is 10.9 Å². The van der Waals surface area contributed by atoms with E-state index >= 15 is 0 Å². The molecule has 0 spiro atoms. The third-order valence-electron chi connectivity index (χ3n) is 4.34. The number of fused-ring (bicyclic) bond motifs is 1. The van der Waals surface area contributed by atoms with Crippen molar-refractivity contribution in [1.29, 1.82) is 5.26 Å². The average molecular weight is 389 g/mol. The van der Waals surface area contributed by atoms with Crippen LogP contribution in [0.15, 0.2) is 30.5 Å². The molecule has 28 heavy (non-hydrogen) atoms. The molecule has 0 radical (unpaired) electrons. The first-order valence-electron chi connectivity index (χ1n) is 8.37. The van der Waals surface area contributed by atoms with Gasteiger partial charge in [-0.15, -0.1) is 0 Å². The zero-order valence-corrected chi connectivity index (χ0v) is 14.9. The maximum atomic E-state index is 13.4. The molecule has 8 nitrogen and oxygen atoms in total. The van der Waals surface area contributed by atoms with Gasteiger partial charge in [-0.05, 0) is 24.3 Å². The Morgan fingerprint density at radius 3 is 2.93 bits per heavy atom. The number of halogens is 2. The van der Waals surface area contributed by atoms with E-state index in [1.807, 2.05) is 0 Å². The first kappa shape index (κ1) is 19.3. The Balaban J connectivity index is 1.64. The number of hydrogen-bond donors (Lipinski definition) is 2. The van der Waals surface area contributed by atoms with Gasteiger partial charge in [-0.3, -0.25) is 9.78 Å². The Bertz CT molecular complexity index is 960. The molecule has 1 atom stereocenters. The van der Waals surface area contributed by atoms with E-state index in [9.17, 15) is 18.4 Å². The topological polar surface area (TPSA) is 107 Å². The van der Waals surface area contributed by atoms with E-state index in [1.54, 1.807) is 30.3 Å². The summed E-state index contributed by atoms with van der Waals surface area (Å²) in [6.45, 7) is -1.34. The van der Waals surface area contributed by atoms with Crippen LogP contribution >= 0.6 is 0 Å². The lowest BCUT2D eigenvalue weighted by Crippen LogP contribution is -2.43. The molecule has 0 unspecified atom stereocenters. The average Bonchev–Trinajstić information content (AvgIpc) is 3.01. The van der Waals surface area contributed by atoms with Gasteiger partial charge in [-0.25, -0.2) is 13.6 Å². The van der Waals surface area contributed by atoms with Gasteiger partial charge in [0.25, 0.3) is 5.92 Å². The summed E-state index contributed by atoms with van der Waals surface area (Å²) < 4.78 is 32.0. The van der Waals surface area contributed by atoms with Gasteiger partial charge in [0, 0.05) is 18.0 Å². The Morgan fingerprint density at radius 2 is 2.21 bits per heavy atom. The smallest absolute Gasteiger partial charge is 0.319 e. The summed E-state index contributed by atoms with van der Waals surface area (Å²) in [6, 6.07) is 6.54. The van der Waals surface area contributed by atoms with Gasteiger partial charge in [-0.2, -0.15) is 5.26 Å². The second-order valence-corrected chi connectivity index (χ2v) is 6.28. The van der Waals surface area contributed by atoms with Crippen LogP contribution in [0.1, 0.15) is 6.42 Å². The Morgan fingerprint density at radius 1 is 1.43 bits per heavy atom. The van der Waals surface area contributed by atoms with Crippen LogP contribution in [0.4, 0.5) is 19.3 Å². The first-order valence-corrected chi connectivity index (χ1v) is 8.37. The zero-order valence-electron chi connectivity index (χ0n) is 14.9. The van der Waals surface area contributed by atoms with Gasteiger partial charge in [0.05, 0.1) is 37.5 Å². The van der Waals surface area contributed by atoms with E-state index in [-0.39, 0.29) is 0 Å². The number of methoxy groups -OCH3 is 1. The molecular weight excluding hydrogens is 372 g/mol. The fourth-order valence-electron chi connectivity index (χ4n) is 2.98. The molecule has 1 aliphatic rings. The number of urea groups is 1. The number of aromatic nitrogens is 1. The number of hydrogen-bond acceptors (Lipinski definition) is 5. The maximum Gasteiger partial charge on any atom is 0.319 e.